The number of hydrogen-bond donors (Lipinski definition) is 0. The van der Waals surface area contributed by atoms with E-state index in [1.807, 2.05) is 0 Å². The molecule has 0 aliphatic rings. The van der Waals surface area contributed by atoms with Crippen LogP contribution >= 0.6 is 23.2 Å². The number of benzene rings is 2. The van der Waals surface area contributed by atoms with Gasteiger partial charge >= 0.3 is 12.4 Å². The van der Waals surface area contributed by atoms with E-state index in [1.165, 1.54) is 60.7 Å². The first-order valence-corrected chi connectivity index (χ1v) is 10.8. The molecule has 0 fully saturated rings. The van der Waals surface area contributed by atoms with Crippen LogP contribution < -0.4 is 0 Å². The van der Waals surface area contributed by atoms with Gasteiger partial charge in [-0.25, -0.2) is 9.97 Å². The summed E-state index contributed by atoms with van der Waals surface area (Å²) in [5.74, 6) is -0.346. The predicted octanol–water partition coefficient (Wildman–Crippen LogP) is 8.39. The first-order valence-electron chi connectivity index (χ1n) is 10.1. The van der Waals surface area contributed by atoms with Gasteiger partial charge in [-0.3, -0.25) is 4.79 Å². The van der Waals surface area contributed by atoms with Crippen molar-refractivity contribution in [1.29, 1.82) is 0 Å². The number of hydrogen-bond acceptors (Lipinski definition) is 3. The normalized spacial score (nSPS) is 12.0. The lowest BCUT2D eigenvalue weighted by Crippen LogP contribution is -2.08. The van der Waals surface area contributed by atoms with Crippen LogP contribution in [0.25, 0.3) is 22.3 Å². The quantitative estimate of drug-likeness (QED) is 0.148. The van der Waals surface area contributed by atoms with Crippen molar-refractivity contribution < 1.29 is 31.1 Å². The molecular formula is C25H12Cl2F6N2O. The minimum Gasteiger partial charge on any atom is -0.289 e. The second kappa shape index (κ2) is 9.55. The molecule has 0 aliphatic carbocycles. The number of alkyl halides is 6. The van der Waals surface area contributed by atoms with Gasteiger partial charge in [-0.2, -0.15) is 26.3 Å². The molecule has 0 amide bonds. The van der Waals surface area contributed by atoms with E-state index in [0.29, 0.717) is 22.3 Å². The smallest absolute Gasteiger partial charge is 0.289 e. The van der Waals surface area contributed by atoms with Crippen LogP contribution in [0.2, 0.25) is 10.3 Å². The number of rotatable bonds is 4. The van der Waals surface area contributed by atoms with Gasteiger partial charge in [0.25, 0.3) is 0 Å². The van der Waals surface area contributed by atoms with Crippen molar-refractivity contribution >= 4 is 29.0 Å². The summed E-state index contributed by atoms with van der Waals surface area (Å²) < 4.78 is 76.8. The molecule has 0 saturated carbocycles. The Morgan fingerprint density at radius 3 is 1.17 bits per heavy atom. The Kier molecular flexibility index (Phi) is 6.81. The zero-order valence-corrected chi connectivity index (χ0v) is 19.3. The molecule has 2 aromatic heterocycles. The van der Waals surface area contributed by atoms with Crippen LogP contribution in [0.15, 0.2) is 72.8 Å². The summed E-state index contributed by atoms with van der Waals surface area (Å²) in [5.41, 5.74) is -0.131. The number of carbonyl (C=O) groups is 1. The van der Waals surface area contributed by atoms with Crippen LogP contribution in [0, 0.1) is 0 Å². The Balaban J connectivity index is 1.54. The summed E-state index contributed by atoms with van der Waals surface area (Å²) in [6.45, 7) is 0. The molecule has 0 unspecified atom stereocenters. The highest BCUT2D eigenvalue weighted by atomic mass is 35.5. The Hall–Kier alpha value is -3.43. The first-order chi connectivity index (χ1) is 16.8. The number of aromatic nitrogens is 2. The molecule has 0 spiro atoms. The van der Waals surface area contributed by atoms with Gasteiger partial charge in [0, 0.05) is 22.3 Å². The zero-order valence-electron chi connectivity index (χ0n) is 17.8. The molecule has 2 heterocycles. The molecular weight excluding hydrogens is 529 g/mol. The van der Waals surface area contributed by atoms with Crippen LogP contribution in [-0.4, -0.2) is 15.8 Å². The van der Waals surface area contributed by atoms with Crippen LogP contribution in [-0.2, 0) is 12.4 Å². The largest absolute Gasteiger partial charge is 0.433 e. The third kappa shape index (κ3) is 5.37. The van der Waals surface area contributed by atoms with Gasteiger partial charge in [0.2, 0.25) is 0 Å². The Morgan fingerprint density at radius 2 is 0.889 bits per heavy atom. The third-order valence-electron chi connectivity index (χ3n) is 5.19. The molecule has 184 valence electrons. The predicted molar refractivity (Wildman–Crippen MR) is 123 cm³/mol. The van der Waals surface area contributed by atoms with E-state index in [0.717, 1.165) is 12.1 Å². The summed E-state index contributed by atoms with van der Waals surface area (Å²) in [4.78, 5) is 19.6. The molecule has 0 saturated heterocycles. The lowest BCUT2D eigenvalue weighted by atomic mass is 9.98. The van der Waals surface area contributed by atoms with Gasteiger partial charge in [-0.05, 0) is 35.4 Å². The van der Waals surface area contributed by atoms with Crippen LogP contribution in [0.1, 0.15) is 27.3 Å². The molecule has 0 radical (unpaired) electrons. The standard InChI is InChI=1S/C25H12Cl2F6N2O/c26-22-17(9-11-19(34-22)24(28,29)30)13-1-5-15(6-2-13)21(36)16-7-3-14(4-8-16)18-10-12-20(25(31,32)33)35-23(18)27/h1-12H. The maximum atomic E-state index is 12.9. The summed E-state index contributed by atoms with van der Waals surface area (Å²) >= 11 is 11.9. The topological polar surface area (TPSA) is 42.9 Å². The van der Waals surface area contributed by atoms with Crippen molar-refractivity contribution in [2.75, 3.05) is 0 Å². The number of halogens is 8. The van der Waals surface area contributed by atoms with Crippen LogP contribution in [0.5, 0.6) is 0 Å². The van der Waals surface area contributed by atoms with E-state index < -0.39 is 23.7 Å². The summed E-state index contributed by atoms with van der Waals surface area (Å²) in [6.07, 6.45) is -9.25. The maximum absolute atomic E-state index is 12.9. The second-order valence-corrected chi connectivity index (χ2v) is 8.27. The fraction of sp³-hybridized carbons (Fsp3) is 0.0800. The molecule has 0 aliphatic heterocycles. The fourth-order valence-corrected chi connectivity index (χ4v) is 3.91. The Morgan fingerprint density at radius 1 is 0.556 bits per heavy atom. The average Bonchev–Trinajstić information content (AvgIpc) is 2.83. The lowest BCUT2D eigenvalue weighted by molar-refractivity contribution is -0.141. The van der Waals surface area contributed by atoms with Crippen molar-refractivity contribution in [1.82, 2.24) is 9.97 Å². The van der Waals surface area contributed by atoms with Crippen molar-refractivity contribution in [2.45, 2.75) is 12.4 Å². The zero-order chi connectivity index (χ0) is 26.3. The highest BCUT2D eigenvalue weighted by Gasteiger charge is 2.33. The molecule has 11 heteroatoms. The monoisotopic (exact) mass is 540 g/mol. The first kappa shape index (κ1) is 25.7. The summed E-state index contributed by atoms with van der Waals surface area (Å²) in [5, 5.41) is -0.646. The third-order valence-corrected chi connectivity index (χ3v) is 5.77. The van der Waals surface area contributed by atoms with Crippen LogP contribution in [0.4, 0.5) is 26.3 Å². The number of ketones is 1. The van der Waals surface area contributed by atoms with Gasteiger partial charge in [0.1, 0.15) is 21.7 Å². The van der Waals surface area contributed by atoms with Crippen molar-refractivity contribution in [3.63, 3.8) is 0 Å². The van der Waals surface area contributed by atoms with E-state index in [9.17, 15) is 31.1 Å². The van der Waals surface area contributed by atoms with Crippen molar-refractivity contribution in [3.8, 4) is 22.3 Å². The Labute approximate surface area is 210 Å². The minimum absolute atomic E-state index is 0.273. The van der Waals surface area contributed by atoms with Crippen LogP contribution in [0.3, 0.4) is 0 Å². The molecule has 2 aromatic carbocycles. The van der Waals surface area contributed by atoms with Gasteiger partial charge in [0.05, 0.1) is 0 Å². The molecule has 0 atom stereocenters. The van der Waals surface area contributed by atoms with E-state index in [4.69, 9.17) is 23.2 Å². The molecule has 36 heavy (non-hydrogen) atoms. The van der Waals surface area contributed by atoms with Gasteiger partial charge in [-0.1, -0.05) is 71.7 Å². The SMILES string of the molecule is O=C(c1ccc(-c2ccc(C(F)(F)F)nc2Cl)cc1)c1ccc(-c2ccc(C(F)(F)F)nc2Cl)cc1. The van der Waals surface area contributed by atoms with E-state index in [2.05, 4.69) is 9.97 Å². The highest BCUT2D eigenvalue weighted by molar-refractivity contribution is 6.32. The highest BCUT2D eigenvalue weighted by Crippen LogP contribution is 2.34. The molecule has 4 aromatic rings. The average molecular weight is 541 g/mol. The summed E-state index contributed by atoms with van der Waals surface area (Å²) in [7, 11) is 0. The minimum atomic E-state index is -4.62. The molecule has 3 nitrogen and oxygen atoms in total. The second-order valence-electron chi connectivity index (χ2n) is 7.55. The number of pyridine rings is 2. The van der Waals surface area contributed by atoms with Gasteiger partial charge in [0.15, 0.2) is 5.78 Å². The maximum Gasteiger partial charge on any atom is 0.433 e. The van der Waals surface area contributed by atoms with E-state index in [1.54, 1.807) is 0 Å². The number of carbonyl (C=O) groups excluding carboxylic acids is 1. The van der Waals surface area contributed by atoms with E-state index in [-0.39, 0.29) is 27.2 Å². The van der Waals surface area contributed by atoms with Gasteiger partial charge in [-0.15, -0.1) is 0 Å². The molecule has 0 N–H and O–H groups in total. The van der Waals surface area contributed by atoms with E-state index >= 15 is 0 Å². The number of nitrogens with zero attached hydrogens (tertiary/aromatic N) is 2. The lowest BCUT2D eigenvalue weighted by Gasteiger charge is -2.10. The van der Waals surface area contributed by atoms with Crippen molar-refractivity contribution in [2.24, 2.45) is 0 Å². The van der Waals surface area contributed by atoms with Crippen molar-refractivity contribution in [3.05, 3.63) is 106 Å². The molecule has 0 bridgehead atoms. The molecule has 4 rings (SSSR count). The summed E-state index contributed by atoms with van der Waals surface area (Å²) in [6, 6.07) is 16.2. The Bertz CT molecular complexity index is 1320. The fourth-order valence-electron chi connectivity index (χ4n) is 3.38. The van der Waals surface area contributed by atoms with Gasteiger partial charge < -0.3 is 0 Å².